The number of aldehydes is 2. The third-order valence-corrected chi connectivity index (χ3v) is 11.9. The summed E-state index contributed by atoms with van der Waals surface area (Å²) in [7, 11) is 4.12. The zero-order valence-electron chi connectivity index (χ0n) is 36.2. The minimum atomic E-state index is -1.10. The van der Waals surface area contributed by atoms with E-state index in [-0.39, 0.29) is 30.4 Å². The van der Waals surface area contributed by atoms with Crippen LogP contribution in [0.3, 0.4) is 0 Å². The largest absolute Gasteiger partial charge is 0.507 e. The number of carbonyl (C=O) groups is 4. The van der Waals surface area contributed by atoms with Crippen LogP contribution in [0.5, 0.6) is 5.75 Å². The molecule has 332 valence electrons. The van der Waals surface area contributed by atoms with E-state index in [4.69, 9.17) is 9.63 Å². The Morgan fingerprint density at radius 3 is 2.34 bits per heavy atom. The average molecular weight is 863 g/mol. The molecule has 16 nitrogen and oxygen atoms in total. The number of aromatic hydroxyl groups is 1. The first-order chi connectivity index (χ1) is 29.4. The van der Waals surface area contributed by atoms with Gasteiger partial charge in [0.05, 0.1) is 30.3 Å². The Labute approximate surface area is 360 Å². The number of aliphatic hydroxyl groups is 1. The Morgan fingerprint density at radius 1 is 1.07 bits per heavy atom. The summed E-state index contributed by atoms with van der Waals surface area (Å²) in [5, 5.41) is 45.8. The van der Waals surface area contributed by atoms with Gasteiger partial charge in [-0.3, -0.25) is 24.4 Å². The number of carbonyl (C=O) groups excluding carboxylic acids is 3. The van der Waals surface area contributed by atoms with Crippen molar-refractivity contribution in [1.82, 2.24) is 40.9 Å². The highest BCUT2D eigenvalue weighted by Gasteiger charge is 2.24. The molecular formula is C44H63N8O8P. The molecule has 2 aromatic carbocycles. The van der Waals surface area contributed by atoms with E-state index < -0.39 is 20.2 Å². The van der Waals surface area contributed by atoms with Crippen molar-refractivity contribution in [3.63, 3.8) is 0 Å². The number of benzene rings is 2. The van der Waals surface area contributed by atoms with E-state index in [1.165, 1.54) is 68.9 Å². The molecule has 1 aliphatic rings. The summed E-state index contributed by atoms with van der Waals surface area (Å²) in [6, 6.07) is 11.7. The molecule has 1 fully saturated rings. The van der Waals surface area contributed by atoms with Crippen LogP contribution in [0.15, 0.2) is 67.3 Å². The highest BCUT2D eigenvalue weighted by molar-refractivity contribution is 7.53. The summed E-state index contributed by atoms with van der Waals surface area (Å²) >= 11 is 0. The number of aryl methyl sites for hydroxylation is 2. The molecule has 0 bridgehead atoms. The van der Waals surface area contributed by atoms with Crippen LogP contribution in [0.25, 0.3) is 6.08 Å². The second-order valence-electron chi connectivity index (χ2n) is 14.2. The van der Waals surface area contributed by atoms with E-state index in [0.717, 1.165) is 18.5 Å². The molecule has 3 atom stereocenters. The zero-order valence-corrected chi connectivity index (χ0v) is 37.1. The minimum Gasteiger partial charge on any atom is -0.507 e. The first kappa shape index (κ1) is 51.9. The first-order valence-electron chi connectivity index (χ1n) is 20.3. The molecule has 2 heterocycles. The molecule has 0 radical (unpaired) electrons. The maximum Gasteiger partial charge on any atom is 0.303 e. The van der Waals surface area contributed by atoms with E-state index in [9.17, 15) is 29.4 Å². The maximum atomic E-state index is 12.3. The summed E-state index contributed by atoms with van der Waals surface area (Å²) in [5.41, 5.74) is 5.66. The molecule has 61 heavy (non-hydrogen) atoms. The van der Waals surface area contributed by atoms with Crippen molar-refractivity contribution in [2.24, 2.45) is 0 Å². The quantitative estimate of drug-likeness (QED) is 0.0513. The molecule has 5 rings (SSSR count). The lowest BCUT2D eigenvalue weighted by atomic mass is 9.87. The molecule has 17 heteroatoms. The van der Waals surface area contributed by atoms with Gasteiger partial charge in [-0.1, -0.05) is 60.9 Å². The highest BCUT2D eigenvalue weighted by atomic mass is 31.1. The molecule has 1 saturated carbocycles. The predicted molar refractivity (Wildman–Crippen MR) is 238 cm³/mol. The normalized spacial score (nSPS) is 13.8. The van der Waals surface area contributed by atoms with E-state index in [0.29, 0.717) is 53.7 Å². The summed E-state index contributed by atoms with van der Waals surface area (Å²) in [4.78, 5) is 50.5. The number of phenols is 1. The zero-order chi connectivity index (χ0) is 45.0. The monoisotopic (exact) mass is 862 g/mol. The lowest BCUT2D eigenvalue weighted by Gasteiger charge is -2.27. The van der Waals surface area contributed by atoms with Gasteiger partial charge in [0.1, 0.15) is 17.7 Å². The molecular weight excluding hydrogens is 800 g/mol. The summed E-state index contributed by atoms with van der Waals surface area (Å²) in [6.07, 6.45) is 18.3. The fraction of sp³-hybridized carbons (Fsp3) is 0.455. The van der Waals surface area contributed by atoms with Crippen LogP contribution >= 0.6 is 8.15 Å². The number of aromatic nitrogens is 5. The Morgan fingerprint density at radius 2 is 1.79 bits per heavy atom. The Balaban J connectivity index is 0.000000312. The Kier molecular flexibility index (Phi) is 25.4. The van der Waals surface area contributed by atoms with Gasteiger partial charge in [-0.15, -0.1) is 5.10 Å². The number of rotatable bonds is 18. The van der Waals surface area contributed by atoms with Crippen LogP contribution in [0.4, 0.5) is 0 Å². The van der Waals surface area contributed by atoms with Crippen molar-refractivity contribution in [2.75, 3.05) is 33.9 Å². The van der Waals surface area contributed by atoms with E-state index in [2.05, 4.69) is 72.6 Å². The minimum absolute atomic E-state index is 0.0140. The SMILES string of the molecule is C/C=C/c1cccc(CNC)c1.CNC(CCC(=O)O)P(CC(O)CNC(=O)c1cc(C)c(O)c(C)c1)OC.O=CCn1cc(C2CCCCC2)nn1.O=Cc1cnccn1. The fourth-order valence-corrected chi connectivity index (χ4v) is 8.24. The number of amides is 1. The summed E-state index contributed by atoms with van der Waals surface area (Å²) in [5.74, 6) is -0.638. The van der Waals surface area contributed by atoms with Crippen molar-refractivity contribution in [3.8, 4) is 5.75 Å². The number of nitrogens with one attached hydrogen (secondary N) is 3. The predicted octanol–water partition coefficient (Wildman–Crippen LogP) is 5.81. The number of carboxylic acid groups (broad SMARTS) is 1. The molecule has 2 aromatic heterocycles. The van der Waals surface area contributed by atoms with Gasteiger partial charge in [-0.05, 0) is 88.5 Å². The van der Waals surface area contributed by atoms with Gasteiger partial charge in [0.15, 0.2) is 6.29 Å². The number of aliphatic carboxylic acids is 1. The highest BCUT2D eigenvalue weighted by Crippen LogP contribution is 2.42. The van der Waals surface area contributed by atoms with Crippen molar-refractivity contribution in [1.29, 1.82) is 0 Å². The van der Waals surface area contributed by atoms with Crippen LogP contribution in [-0.4, -0.2) is 111 Å². The fourth-order valence-electron chi connectivity index (χ4n) is 6.33. The van der Waals surface area contributed by atoms with Gasteiger partial charge in [0.2, 0.25) is 0 Å². The molecule has 6 N–H and O–H groups in total. The second-order valence-corrected chi connectivity index (χ2v) is 16.4. The molecule has 0 aliphatic heterocycles. The van der Waals surface area contributed by atoms with Crippen LogP contribution < -0.4 is 16.0 Å². The van der Waals surface area contributed by atoms with Crippen LogP contribution in [-0.2, 0) is 27.2 Å². The first-order valence-corrected chi connectivity index (χ1v) is 21.8. The third-order valence-electron chi connectivity index (χ3n) is 9.43. The third kappa shape index (κ3) is 20.2. The maximum absolute atomic E-state index is 12.3. The standard InChI is InChI=1S/C18H29N2O6P.C11H15N.C10H15N3O.C5H4N2O/c1-11-7-13(8-12(2)17(11)24)18(25)20-9-14(21)10-27(26-4)15(19-3)5-6-16(22)23;1-3-5-10-6-4-7-11(8-10)9-12-2;14-7-6-13-8-10(11-12-13)9-4-2-1-3-5-9;8-4-5-3-6-1-2-7-5/h7-8,14-15,19,21,24H,5-6,9-10H2,1-4H3,(H,20,25)(H,22,23);3-8,12H,9H2,1-2H3;7-9H,1-6H2;1-4H/b;5-3+;;. The number of carboxylic acids is 1. The average Bonchev–Trinajstić information content (AvgIpc) is 3.74. The number of allylic oxidation sites excluding steroid dienone is 1. The molecule has 1 amide bonds. The van der Waals surface area contributed by atoms with Gasteiger partial charge in [0, 0.05) is 71.0 Å². The lowest BCUT2D eigenvalue weighted by Crippen LogP contribution is -2.35. The van der Waals surface area contributed by atoms with Gasteiger partial charge < -0.3 is 40.6 Å². The van der Waals surface area contributed by atoms with Crippen LogP contribution in [0.1, 0.15) is 107 Å². The molecule has 1 aliphatic carbocycles. The van der Waals surface area contributed by atoms with E-state index in [1.54, 1.807) is 37.7 Å². The van der Waals surface area contributed by atoms with E-state index in [1.807, 2.05) is 20.2 Å². The second kappa shape index (κ2) is 29.9. The molecule has 0 spiro atoms. The van der Waals surface area contributed by atoms with Crippen LogP contribution in [0.2, 0.25) is 0 Å². The summed E-state index contributed by atoms with van der Waals surface area (Å²) < 4.78 is 7.06. The van der Waals surface area contributed by atoms with Gasteiger partial charge in [-0.25, -0.2) is 4.68 Å². The van der Waals surface area contributed by atoms with Gasteiger partial charge >= 0.3 is 5.97 Å². The van der Waals surface area contributed by atoms with Gasteiger partial charge in [0.25, 0.3) is 5.91 Å². The van der Waals surface area contributed by atoms with Gasteiger partial charge in [-0.2, -0.15) is 0 Å². The van der Waals surface area contributed by atoms with Crippen LogP contribution in [0, 0.1) is 13.8 Å². The molecule has 0 saturated heterocycles. The molecule has 4 aromatic rings. The van der Waals surface area contributed by atoms with Crippen molar-refractivity contribution in [3.05, 3.63) is 106 Å². The molecule has 3 unspecified atom stereocenters. The number of hydrogen-bond donors (Lipinski definition) is 6. The van der Waals surface area contributed by atoms with E-state index >= 15 is 0 Å². The van der Waals surface area contributed by atoms with Crippen molar-refractivity contribution in [2.45, 2.75) is 96.6 Å². The van der Waals surface area contributed by atoms with Crippen molar-refractivity contribution < 1.29 is 39.0 Å². The number of hydrogen-bond acceptors (Lipinski definition) is 13. The smallest absolute Gasteiger partial charge is 0.303 e. The number of aliphatic hydroxyl groups excluding tert-OH is 1. The van der Waals surface area contributed by atoms with Crippen molar-refractivity contribution >= 4 is 38.7 Å². The number of phenolic OH excluding ortho intramolecular Hbond substituents is 1. The Hall–Kier alpha value is -5.25. The summed E-state index contributed by atoms with van der Waals surface area (Å²) in [6.45, 7) is 6.77. The topological polar surface area (TPSA) is 231 Å². The Bertz CT molecular complexity index is 1900. The number of nitrogens with zero attached hydrogens (tertiary/aromatic N) is 5. The lowest BCUT2D eigenvalue weighted by molar-refractivity contribution is -0.137.